The number of hydrogen-bond acceptors (Lipinski definition) is 3. The summed E-state index contributed by atoms with van der Waals surface area (Å²) >= 11 is 0. The summed E-state index contributed by atoms with van der Waals surface area (Å²) in [5.41, 5.74) is 2.63. The first kappa shape index (κ1) is 14.1. The van der Waals surface area contributed by atoms with Gasteiger partial charge in [0.2, 0.25) is 0 Å². The van der Waals surface area contributed by atoms with Gasteiger partial charge in [-0.05, 0) is 24.5 Å². The van der Waals surface area contributed by atoms with Gasteiger partial charge in [0.15, 0.2) is 0 Å². The van der Waals surface area contributed by atoms with Crippen molar-refractivity contribution in [3.8, 4) is 0 Å². The average Bonchev–Trinajstić information content (AvgIpc) is 2.45. The number of nitrogens with one attached hydrogen (secondary N) is 1. The highest BCUT2D eigenvalue weighted by atomic mass is 16.6. The van der Waals surface area contributed by atoms with Gasteiger partial charge >= 0.3 is 0 Å². The van der Waals surface area contributed by atoms with E-state index in [2.05, 4.69) is 24.4 Å². The van der Waals surface area contributed by atoms with Gasteiger partial charge in [-0.15, -0.1) is 0 Å². The Bertz CT molecular complexity index is 597. The van der Waals surface area contributed by atoms with Gasteiger partial charge in [-0.25, -0.2) is 0 Å². The van der Waals surface area contributed by atoms with Gasteiger partial charge in [0.25, 0.3) is 5.69 Å². The van der Waals surface area contributed by atoms with Gasteiger partial charge in [-0.2, -0.15) is 0 Å². The summed E-state index contributed by atoms with van der Waals surface area (Å²) in [7, 11) is 0. The van der Waals surface area contributed by atoms with E-state index < -0.39 is 0 Å². The molecule has 1 atom stereocenters. The van der Waals surface area contributed by atoms with E-state index in [1.165, 1.54) is 5.56 Å². The maximum Gasteiger partial charge on any atom is 0.295 e. The molecule has 20 heavy (non-hydrogen) atoms. The first-order valence-electron chi connectivity index (χ1n) is 6.62. The molecule has 0 aliphatic rings. The van der Waals surface area contributed by atoms with Crippen LogP contribution in [0.5, 0.6) is 0 Å². The summed E-state index contributed by atoms with van der Waals surface area (Å²) in [6.07, 6.45) is 0. The fraction of sp³-hybridized carbons (Fsp3) is 0.250. The van der Waals surface area contributed by atoms with E-state index in [9.17, 15) is 10.1 Å². The number of nitrogens with zero attached hydrogens (tertiary/aromatic N) is 1. The maximum absolute atomic E-state index is 11.1. The predicted molar refractivity (Wildman–Crippen MR) is 81.2 cm³/mol. The molecule has 0 aliphatic heterocycles. The van der Waals surface area contributed by atoms with Gasteiger partial charge in [0, 0.05) is 12.1 Å². The molecule has 104 valence electrons. The van der Waals surface area contributed by atoms with Crippen molar-refractivity contribution in [1.29, 1.82) is 0 Å². The van der Waals surface area contributed by atoms with Crippen molar-refractivity contribution >= 4 is 11.4 Å². The third-order valence-electron chi connectivity index (χ3n) is 3.39. The molecule has 0 fully saturated rings. The average molecular weight is 270 g/mol. The molecule has 0 heterocycles. The zero-order valence-electron chi connectivity index (χ0n) is 11.7. The minimum Gasteiger partial charge on any atom is -0.379 e. The van der Waals surface area contributed by atoms with Gasteiger partial charge in [0.1, 0.15) is 5.69 Å². The first-order valence-corrected chi connectivity index (χ1v) is 6.62. The fourth-order valence-corrected chi connectivity index (χ4v) is 2.21. The zero-order valence-corrected chi connectivity index (χ0v) is 11.7. The number of benzene rings is 2. The van der Waals surface area contributed by atoms with Gasteiger partial charge < -0.3 is 5.32 Å². The van der Waals surface area contributed by atoms with Crippen LogP contribution in [0.15, 0.2) is 48.5 Å². The molecule has 1 N–H and O–H groups in total. The van der Waals surface area contributed by atoms with Crippen LogP contribution in [-0.2, 0) is 0 Å². The van der Waals surface area contributed by atoms with Crippen molar-refractivity contribution < 1.29 is 4.92 Å². The van der Waals surface area contributed by atoms with Gasteiger partial charge in [0.05, 0.1) is 4.92 Å². The Morgan fingerprint density at radius 1 is 1.15 bits per heavy atom. The monoisotopic (exact) mass is 270 g/mol. The molecule has 0 saturated carbocycles. The normalized spacial score (nSPS) is 11.9. The molecule has 0 saturated heterocycles. The van der Waals surface area contributed by atoms with Crippen LogP contribution in [0, 0.1) is 17.0 Å². The highest BCUT2D eigenvalue weighted by molar-refractivity contribution is 5.65. The van der Waals surface area contributed by atoms with Crippen molar-refractivity contribution in [2.24, 2.45) is 0 Å². The minimum absolute atomic E-state index is 0.160. The van der Waals surface area contributed by atoms with Crippen LogP contribution in [0.4, 0.5) is 11.4 Å². The summed E-state index contributed by atoms with van der Waals surface area (Å²) in [5.74, 6) is 0.288. The van der Waals surface area contributed by atoms with Crippen LogP contribution < -0.4 is 5.32 Å². The predicted octanol–water partition coefficient (Wildman–Crippen LogP) is 4.12. The molecule has 2 aromatic carbocycles. The second-order valence-electron chi connectivity index (χ2n) is 4.92. The minimum atomic E-state index is -0.329. The highest BCUT2D eigenvalue weighted by Crippen LogP contribution is 2.28. The highest BCUT2D eigenvalue weighted by Gasteiger charge is 2.17. The number of para-hydroxylation sites is 1. The number of nitro benzene ring substituents is 1. The van der Waals surface area contributed by atoms with Crippen LogP contribution in [-0.4, -0.2) is 11.5 Å². The quantitative estimate of drug-likeness (QED) is 0.656. The van der Waals surface area contributed by atoms with E-state index in [0.29, 0.717) is 17.8 Å². The lowest BCUT2D eigenvalue weighted by atomic mass is 10.0. The Morgan fingerprint density at radius 2 is 1.85 bits per heavy atom. The Labute approximate surface area is 118 Å². The molecular formula is C16H18N2O2. The van der Waals surface area contributed by atoms with E-state index in [-0.39, 0.29) is 16.5 Å². The number of rotatable bonds is 5. The summed E-state index contributed by atoms with van der Waals surface area (Å²) in [6.45, 7) is 4.52. The Kier molecular flexibility index (Phi) is 4.35. The van der Waals surface area contributed by atoms with Crippen molar-refractivity contribution in [2.45, 2.75) is 19.8 Å². The van der Waals surface area contributed by atoms with Crippen molar-refractivity contribution in [2.75, 3.05) is 11.9 Å². The van der Waals surface area contributed by atoms with Gasteiger partial charge in [-0.1, -0.05) is 49.4 Å². The van der Waals surface area contributed by atoms with Crippen LogP contribution in [0.1, 0.15) is 24.0 Å². The number of aryl methyl sites for hydroxylation is 1. The largest absolute Gasteiger partial charge is 0.379 e. The van der Waals surface area contributed by atoms with Gasteiger partial charge in [-0.3, -0.25) is 10.1 Å². The summed E-state index contributed by atoms with van der Waals surface area (Å²) in [5, 5.41) is 14.3. The topological polar surface area (TPSA) is 55.2 Å². The summed E-state index contributed by atoms with van der Waals surface area (Å²) in [4.78, 5) is 10.8. The molecular weight excluding hydrogens is 252 g/mol. The smallest absolute Gasteiger partial charge is 0.295 e. The van der Waals surface area contributed by atoms with E-state index in [4.69, 9.17) is 0 Å². The molecule has 2 aromatic rings. The maximum atomic E-state index is 11.1. The molecule has 0 radical (unpaired) electrons. The number of hydrogen-bond donors (Lipinski definition) is 1. The summed E-state index contributed by atoms with van der Waals surface area (Å²) in [6, 6.07) is 15.5. The van der Waals surface area contributed by atoms with Crippen LogP contribution >= 0.6 is 0 Å². The second-order valence-corrected chi connectivity index (χ2v) is 4.92. The molecule has 0 aliphatic carbocycles. The molecule has 0 aromatic heterocycles. The number of anilines is 1. The molecule has 0 amide bonds. The van der Waals surface area contributed by atoms with E-state index in [1.54, 1.807) is 19.1 Å². The third kappa shape index (κ3) is 3.15. The SMILES string of the molecule is Cc1cccc(NCC(C)c2ccccc2)c1[N+](=O)[O-]. The molecule has 2 rings (SSSR count). The molecule has 0 spiro atoms. The van der Waals surface area contributed by atoms with E-state index in [0.717, 1.165) is 0 Å². The fourth-order valence-electron chi connectivity index (χ4n) is 2.21. The number of nitro groups is 1. The second kappa shape index (κ2) is 6.19. The lowest BCUT2D eigenvalue weighted by Gasteiger charge is -2.14. The van der Waals surface area contributed by atoms with Crippen molar-refractivity contribution in [3.63, 3.8) is 0 Å². The molecule has 0 bridgehead atoms. The molecule has 4 heteroatoms. The first-order chi connectivity index (χ1) is 9.59. The third-order valence-corrected chi connectivity index (χ3v) is 3.39. The lowest BCUT2D eigenvalue weighted by Crippen LogP contribution is -2.11. The van der Waals surface area contributed by atoms with Crippen molar-refractivity contribution in [1.82, 2.24) is 0 Å². The molecule has 1 unspecified atom stereocenters. The Hall–Kier alpha value is -2.36. The zero-order chi connectivity index (χ0) is 14.5. The Morgan fingerprint density at radius 3 is 2.50 bits per heavy atom. The Balaban J connectivity index is 2.12. The van der Waals surface area contributed by atoms with Crippen LogP contribution in [0.25, 0.3) is 0 Å². The standard InChI is InChI=1S/C16H18N2O2/c1-12-7-6-10-15(16(12)18(19)20)17-11-13(2)14-8-4-3-5-9-14/h3-10,13,17H,11H2,1-2H3. The van der Waals surface area contributed by atoms with Crippen molar-refractivity contribution in [3.05, 3.63) is 69.8 Å². The van der Waals surface area contributed by atoms with Crippen LogP contribution in [0.2, 0.25) is 0 Å². The summed E-state index contributed by atoms with van der Waals surface area (Å²) < 4.78 is 0. The van der Waals surface area contributed by atoms with E-state index >= 15 is 0 Å². The van der Waals surface area contributed by atoms with Crippen LogP contribution in [0.3, 0.4) is 0 Å². The lowest BCUT2D eigenvalue weighted by molar-refractivity contribution is -0.384. The molecule has 4 nitrogen and oxygen atoms in total. The van der Waals surface area contributed by atoms with E-state index in [1.807, 2.05) is 24.3 Å².